The number of hydrogen-bond donors (Lipinski definition) is 1. The molecule has 0 aromatic heterocycles. The van der Waals surface area contributed by atoms with Crippen LogP contribution in [0, 0.1) is 5.82 Å². The smallest absolute Gasteiger partial charge is 0.128 e. The summed E-state index contributed by atoms with van der Waals surface area (Å²) in [5.41, 5.74) is 1.61. The van der Waals surface area contributed by atoms with Gasteiger partial charge < -0.3 is 10.1 Å². The van der Waals surface area contributed by atoms with Gasteiger partial charge in [0.15, 0.2) is 0 Å². The lowest BCUT2D eigenvalue weighted by atomic mass is 10.1. The van der Waals surface area contributed by atoms with Gasteiger partial charge in [0.05, 0.1) is 12.6 Å². The van der Waals surface area contributed by atoms with Crippen LogP contribution in [0.4, 0.5) is 10.1 Å². The van der Waals surface area contributed by atoms with E-state index in [-0.39, 0.29) is 11.9 Å². The SMILES string of the molecule is CCCOc1ccc(NC(C)c2ccccc2F)cc1. The molecule has 1 N–H and O–H groups in total. The van der Waals surface area contributed by atoms with E-state index < -0.39 is 0 Å². The van der Waals surface area contributed by atoms with Crippen molar-refractivity contribution in [1.82, 2.24) is 0 Å². The van der Waals surface area contributed by atoms with E-state index in [2.05, 4.69) is 12.2 Å². The lowest BCUT2D eigenvalue weighted by Crippen LogP contribution is -2.08. The molecule has 0 aliphatic heterocycles. The highest BCUT2D eigenvalue weighted by molar-refractivity contribution is 5.48. The van der Waals surface area contributed by atoms with Crippen molar-refractivity contribution in [2.45, 2.75) is 26.3 Å². The Balaban J connectivity index is 2.01. The van der Waals surface area contributed by atoms with Crippen molar-refractivity contribution in [3.8, 4) is 5.75 Å². The maximum absolute atomic E-state index is 13.7. The first-order valence-electron chi connectivity index (χ1n) is 6.94. The molecule has 2 aromatic carbocycles. The predicted molar refractivity (Wildman–Crippen MR) is 80.7 cm³/mol. The molecule has 0 amide bonds. The van der Waals surface area contributed by atoms with Gasteiger partial charge >= 0.3 is 0 Å². The van der Waals surface area contributed by atoms with Crippen molar-refractivity contribution >= 4 is 5.69 Å². The Hall–Kier alpha value is -2.03. The van der Waals surface area contributed by atoms with Gasteiger partial charge in [-0.25, -0.2) is 4.39 Å². The molecular formula is C17H20FNO. The summed E-state index contributed by atoms with van der Waals surface area (Å²) in [5, 5.41) is 3.29. The Morgan fingerprint density at radius 2 is 1.80 bits per heavy atom. The van der Waals surface area contributed by atoms with Crippen LogP contribution in [0.1, 0.15) is 31.9 Å². The number of rotatable bonds is 6. The van der Waals surface area contributed by atoms with Crippen molar-refractivity contribution in [2.75, 3.05) is 11.9 Å². The topological polar surface area (TPSA) is 21.3 Å². The van der Waals surface area contributed by atoms with Crippen LogP contribution in [-0.2, 0) is 0 Å². The molecule has 2 aromatic rings. The standard InChI is InChI=1S/C17H20FNO/c1-3-12-20-15-10-8-14(9-11-15)19-13(2)16-6-4-5-7-17(16)18/h4-11,13,19H,3,12H2,1-2H3. The van der Waals surface area contributed by atoms with Crippen molar-refractivity contribution in [1.29, 1.82) is 0 Å². The quantitative estimate of drug-likeness (QED) is 0.817. The molecule has 20 heavy (non-hydrogen) atoms. The number of anilines is 1. The Kier molecular flexibility index (Phi) is 4.99. The molecule has 3 heteroatoms. The number of halogens is 1. The maximum Gasteiger partial charge on any atom is 0.128 e. The minimum absolute atomic E-state index is 0.0846. The third kappa shape index (κ3) is 3.73. The first kappa shape index (κ1) is 14.4. The van der Waals surface area contributed by atoms with Crippen molar-refractivity contribution in [2.24, 2.45) is 0 Å². The third-order valence-corrected chi connectivity index (χ3v) is 3.08. The summed E-state index contributed by atoms with van der Waals surface area (Å²) in [7, 11) is 0. The fourth-order valence-electron chi connectivity index (χ4n) is 2.02. The molecule has 0 saturated carbocycles. The molecule has 0 heterocycles. The van der Waals surface area contributed by atoms with E-state index in [0.29, 0.717) is 5.56 Å². The Morgan fingerprint density at radius 3 is 2.45 bits per heavy atom. The fraction of sp³-hybridized carbons (Fsp3) is 0.294. The molecular weight excluding hydrogens is 253 g/mol. The summed E-state index contributed by atoms with van der Waals surface area (Å²) in [6.07, 6.45) is 0.990. The molecule has 0 radical (unpaired) electrons. The lowest BCUT2D eigenvalue weighted by Gasteiger charge is -2.16. The largest absolute Gasteiger partial charge is 0.494 e. The number of hydrogen-bond acceptors (Lipinski definition) is 2. The summed E-state index contributed by atoms with van der Waals surface area (Å²) in [4.78, 5) is 0. The summed E-state index contributed by atoms with van der Waals surface area (Å²) in [6.45, 7) is 4.74. The highest BCUT2D eigenvalue weighted by Gasteiger charge is 2.09. The van der Waals surface area contributed by atoms with Gasteiger partial charge in [-0.2, -0.15) is 0 Å². The van der Waals surface area contributed by atoms with E-state index in [1.165, 1.54) is 6.07 Å². The zero-order chi connectivity index (χ0) is 14.4. The van der Waals surface area contributed by atoms with E-state index in [0.717, 1.165) is 24.5 Å². The minimum Gasteiger partial charge on any atom is -0.494 e. The molecule has 1 atom stereocenters. The van der Waals surface area contributed by atoms with Crippen molar-refractivity contribution < 1.29 is 9.13 Å². The minimum atomic E-state index is -0.185. The van der Waals surface area contributed by atoms with Gasteiger partial charge in [-0.3, -0.25) is 0 Å². The molecule has 0 spiro atoms. The average molecular weight is 273 g/mol. The zero-order valence-electron chi connectivity index (χ0n) is 11.9. The van der Waals surface area contributed by atoms with Gasteiger partial charge in [-0.15, -0.1) is 0 Å². The van der Waals surface area contributed by atoms with E-state index in [1.807, 2.05) is 37.3 Å². The number of benzene rings is 2. The van der Waals surface area contributed by atoms with Crippen LogP contribution in [0.15, 0.2) is 48.5 Å². The van der Waals surface area contributed by atoms with Crippen LogP contribution >= 0.6 is 0 Å². The molecule has 0 saturated heterocycles. The van der Waals surface area contributed by atoms with Gasteiger partial charge in [0.25, 0.3) is 0 Å². The Bertz CT molecular complexity index is 539. The van der Waals surface area contributed by atoms with Crippen LogP contribution in [0.2, 0.25) is 0 Å². The van der Waals surface area contributed by atoms with E-state index in [1.54, 1.807) is 12.1 Å². The van der Waals surface area contributed by atoms with Gasteiger partial charge in [-0.1, -0.05) is 25.1 Å². The average Bonchev–Trinajstić information content (AvgIpc) is 2.47. The Labute approximate surface area is 119 Å². The first-order chi connectivity index (χ1) is 9.70. The number of ether oxygens (including phenoxy) is 1. The highest BCUT2D eigenvalue weighted by atomic mass is 19.1. The second kappa shape index (κ2) is 6.94. The monoisotopic (exact) mass is 273 g/mol. The summed E-state index contributed by atoms with van der Waals surface area (Å²) in [6, 6.07) is 14.5. The van der Waals surface area contributed by atoms with Crippen LogP contribution in [0.3, 0.4) is 0 Å². The summed E-state index contributed by atoms with van der Waals surface area (Å²) < 4.78 is 19.2. The Morgan fingerprint density at radius 1 is 1.10 bits per heavy atom. The lowest BCUT2D eigenvalue weighted by molar-refractivity contribution is 0.317. The molecule has 2 rings (SSSR count). The van der Waals surface area contributed by atoms with Crippen LogP contribution in [0.5, 0.6) is 5.75 Å². The highest BCUT2D eigenvalue weighted by Crippen LogP contribution is 2.23. The normalized spacial score (nSPS) is 11.9. The third-order valence-electron chi connectivity index (χ3n) is 3.08. The van der Waals surface area contributed by atoms with Gasteiger partial charge in [-0.05, 0) is 43.7 Å². The molecule has 0 bridgehead atoms. The molecule has 0 fully saturated rings. The molecule has 0 aliphatic rings. The predicted octanol–water partition coefficient (Wildman–Crippen LogP) is 4.79. The van der Waals surface area contributed by atoms with Gasteiger partial charge in [0.1, 0.15) is 11.6 Å². The summed E-state index contributed by atoms with van der Waals surface area (Å²) in [5.74, 6) is 0.673. The van der Waals surface area contributed by atoms with Gasteiger partial charge in [0, 0.05) is 11.3 Å². The second-order valence-electron chi connectivity index (χ2n) is 4.76. The second-order valence-corrected chi connectivity index (χ2v) is 4.76. The zero-order valence-corrected chi connectivity index (χ0v) is 11.9. The molecule has 106 valence electrons. The van der Waals surface area contributed by atoms with Crippen LogP contribution in [0.25, 0.3) is 0 Å². The molecule has 2 nitrogen and oxygen atoms in total. The van der Waals surface area contributed by atoms with Crippen molar-refractivity contribution in [3.63, 3.8) is 0 Å². The van der Waals surface area contributed by atoms with E-state index in [9.17, 15) is 4.39 Å². The number of nitrogens with one attached hydrogen (secondary N) is 1. The molecule has 1 unspecified atom stereocenters. The van der Waals surface area contributed by atoms with E-state index in [4.69, 9.17) is 4.74 Å². The van der Waals surface area contributed by atoms with E-state index >= 15 is 0 Å². The maximum atomic E-state index is 13.7. The van der Waals surface area contributed by atoms with Crippen molar-refractivity contribution in [3.05, 3.63) is 59.9 Å². The molecule has 0 aliphatic carbocycles. The van der Waals surface area contributed by atoms with Crippen LogP contribution in [-0.4, -0.2) is 6.61 Å². The first-order valence-corrected chi connectivity index (χ1v) is 6.94. The van der Waals surface area contributed by atoms with Gasteiger partial charge in [0.2, 0.25) is 0 Å². The summed E-state index contributed by atoms with van der Waals surface area (Å²) >= 11 is 0. The van der Waals surface area contributed by atoms with Crippen LogP contribution < -0.4 is 10.1 Å². The fourth-order valence-corrected chi connectivity index (χ4v) is 2.02.